The van der Waals surface area contributed by atoms with Gasteiger partial charge in [0.1, 0.15) is 11.6 Å². The first-order valence-corrected chi connectivity index (χ1v) is 7.15. The Morgan fingerprint density at radius 1 is 1.37 bits per heavy atom. The molecule has 1 heterocycles. The molecule has 2 aromatic rings. The van der Waals surface area contributed by atoms with E-state index < -0.39 is 0 Å². The van der Waals surface area contributed by atoms with Gasteiger partial charge in [-0.1, -0.05) is 0 Å². The van der Waals surface area contributed by atoms with E-state index in [4.69, 9.17) is 0 Å². The number of rotatable bonds is 6. The molecule has 2 rings (SSSR count). The van der Waals surface area contributed by atoms with E-state index in [2.05, 4.69) is 41.2 Å². The van der Waals surface area contributed by atoms with Gasteiger partial charge in [-0.25, -0.2) is 9.37 Å². The molecule has 1 aromatic heterocycles. The Bertz CT molecular complexity index is 551. The zero-order chi connectivity index (χ0) is 13.8. The first-order chi connectivity index (χ1) is 9.11. The van der Waals surface area contributed by atoms with Crippen LogP contribution in [0.2, 0.25) is 0 Å². The van der Waals surface area contributed by atoms with Crippen LogP contribution < -0.4 is 0 Å². The summed E-state index contributed by atoms with van der Waals surface area (Å²) < 4.78 is 15.4. The van der Waals surface area contributed by atoms with Crippen LogP contribution in [0.4, 0.5) is 4.39 Å². The van der Waals surface area contributed by atoms with E-state index in [0.29, 0.717) is 0 Å². The van der Waals surface area contributed by atoms with Gasteiger partial charge in [0, 0.05) is 19.0 Å². The predicted octanol–water partition coefficient (Wildman–Crippen LogP) is 2.60. The molecule has 0 radical (unpaired) electrons. The molecular formula is C14H20FN3S. The topological polar surface area (TPSA) is 21.1 Å². The molecule has 0 unspecified atom stereocenters. The molecule has 0 aliphatic carbocycles. The number of halogens is 1. The summed E-state index contributed by atoms with van der Waals surface area (Å²) in [6.45, 7) is 1.94. The van der Waals surface area contributed by atoms with Crippen molar-refractivity contribution < 1.29 is 4.39 Å². The van der Waals surface area contributed by atoms with Crippen molar-refractivity contribution >= 4 is 23.7 Å². The monoisotopic (exact) mass is 281 g/mol. The van der Waals surface area contributed by atoms with Gasteiger partial charge in [-0.05, 0) is 44.9 Å². The minimum Gasteiger partial charge on any atom is -0.328 e. The van der Waals surface area contributed by atoms with Gasteiger partial charge < -0.3 is 9.47 Å². The SMILES string of the molecule is CN(C)CCCn1c(CCS)nc2cc(F)ccc21. The zero-order valence-electron chi connectivity index (χ0n) is 11.4. The van der Waals surface area contributed by atoms with E-state index in [1.165, 1.54) is 12.1 Å². The van der Waals surface area contributed by atoms with Gasteiger partial charge in [0.15, 0.2) is 0 Å². The molecule has 5 heteroatoms. The average Bonchev–Trinajstić information content (AvgIpc) is 2.66. The number of imidazole rings is 1. The van der Waals surface area contributed by atoms with Crippen LogP contribution in [-0.2, 0) is 13.0 Å². The average molecular weight is 281 g/mol. The van der Waals surface area contributed by atoms with Crippen LogP contribution in [0.1, 0.15) is 12.2 Å². The second-order valence-corrected chi connectivity index (χ2v) is 5.39. The van der Waals surface area contributed by atoms with E-state index in [-0.39, 0.29) is 5.82 Å². The summed E-state index contributed by atoms with van der Waals surface area (Å²) in [5.41, 5.74) is 1.75. The largest absolute Gasteiger partial charge is 0.328 e. The Balaban J connectivity index is 2.29. The van der Waals surface area contributed by atoms with E-state index in [1.54, 1.807) is 0 Å². The maximum Gasteiger partial charge on any atom is 0.125 e. The van der Waals surface area contributed by atoms with Gasteiger partial charge in [0.05, 0.1) is 11.0 Å². The molecule has 0 amide bonds. The van der Waals surface area contributed by atoms with Gasteiger partial charge in [0.25, 0.3) is 0 Å². The highest BCUT2D eigenvalue weighted by Gasteiger charge is 2.10. The molecule has 0 bridgehead atoms. The van der Waals surface area contributed by atoms with Gasteiger partial charge in [-0.3, -0.25) is 0 Å². The summed E-state index contributed by atoms with van der Waals surface area (Å²) in [5.74, 6) is 1.51. The molecule has 0 saturated heterocycles. The molecule has 0 spiro atoms. The number of aryl methyl sites for hydroxylation is 2. The van der Waals surface area contributed by atoms with Gasteiger partial charge in [-0.2, -0.15) is 12.6 Å². The summed E-state index contributed by atoms with van der Waals surface area (Å²) >= 11 is 4.27. The van der Waals surface area contributed by atoms with Crippen molar-refractivity contribution in [1.82, 2.24) is 14.5 Å². The van der Waals surface area contributed by atoms with Crippen LogP contribution >= 0.6 is 12.6 Å². The number of aromatic nitrogens is 2. The fraction of sp³-hybridized carbons (Fsp3) is 0.500. The highest BCUT2D eigenvalue weighted by atomic mass is 32.1. The third kappa shape index (κ3) is 3.48. The van der Waals surface area contributed by atoms with Crippen LogP contribution in [0.15, 0.2) is 18.2 Å². The molecule has 104 valence electrons. The number of nitrogens with zero attached hydrogens (tertiary/aromatic N) is 3. The normalized spacial score (nSPS) is 11.6. The summed E-state index contributed by atoms with van der Waals surface area (Å²) in [4.78, 5) is 6.69. The summed E-state index contributed by atoms with van der Waals surface area (Å²) in [5, 5.41) is 0. The maximum absolute atomic E-state index is 13.3. The molecule has 0 fully saturated rings. The van der Waals surface area contributed by atoms with Crippen molar-refractivity contribution in [2.24, 2.45) is 0 Å². The second kappa shape index (κ2) is 6.39. The molecule has 1 aromatic carbocycles. The van der Waals surface area contributed by atoms with Crippen LogP contribution in [0.25, 0.3) is 11.0 Å². The molecule has 19 heavy (non-hydrogen) atoms. The minimum atomic E-state index is -0.233. The summed E-state index contributed by atoms with van der Waals surface area (Å²) in [6.07, 6.45) is 1.86. The Labute approximate surface area is 118 Å². The first kappa shape index (κ1) is 14.3. The zero-order valence-corrected chi connectivity index (χ0v) is 12.3. The third-order valence-electron chi connectivity index (χ3n) is 3.11. The molecule has 0 N–H and O–H groups in total. The third-order valence-corrected chi connectivity index (χ3v) is 3.34. The molecule has 0 atom stereocenters. The fourth-order valence-electron chi connectivity index (χ4n) is 2.24. The lowest BCUT2D eigenvalue weighted by atomic mass is 10.3. The van der Waals surface area contributed by atoms with Crippen molar-refractivity contribution in [2.75, 3.05) is 26.4 Å². The lowest BCUT2D eigenvalue weighted by Crippen LogP contribution is -2.16. The van der Waals surface area contributed by atoms with E-state index >= 15 is 0 Å². The highest BCUT2D eigenvalue weighted by molar-refractivity contribution is 7.80. The number of hydrogen-bond donors (Lipinski definition) is 1. The molecule has 0 aliphatic rings. The maximum atomic E-state index is 13.3. The molecular weight excluding hydrogens is 261 g/mol. The van der Waals surface area contributed by atoms with Crippen LogP contribution in [-0.4, -0.2) is 40.8 Å². The van der Waals surface area contributed by atoms with E-state index in [0.717, 1.165) is 48.5 Å². The van der Waals surface area contributed by atoms with Crippen molar-refractivity contribution in [3.8, 4) is 0 Å². The van der Waals surface area contributed by atoms with Crippen molar-refractivity contribution in [3.05, 3.63) is 29.8 Å². The second-order valence-electron chi connectivity index (χ2n) is 4.94. The first-order valence-electron chi connectivity index (χ1n) is 6.52. The number of benzene rings is 1. The fourth-order valence-corrected chi connectivity index (χ4v) is 2.44. The molecule has 0 saturated carbocycles. The Morgan fingerprint density at radius 3 is 2.84 bits per heavy atom. The quantitative estimate of drug-likeness (QED) is 0.822. The lowest BCUT2D eigenvalue weighted by Gasteiger charge is -2.12. The lowest BCUT2D eigenvalue weighted by molar-refractivity contribution is 0.386. The van der Waals surface area contributed by atoms with Crippen molar-refractivity contribution in [2.45, 2.75) is 19.4 Å². The van der Waals surface area contributed by atoms with E-state index in [1.807, 2.05) is 6.07 Å². The molecule has 3 nitrogen and oxygen atoms in total. The van der Waals surface area contributed by atoms with Gasteiger partial charge in [-0.15, -0.1) is 0 Å². The van der Waals surface area contributed by atoms with Gasteiger partial charge in [0.2, 0.25) is 0 Å². The Kier molecular flexibility index (Phi) is 4.82. The van der Waals surface area contributed by atoms with Crippen molar-refractivity contribution in [1.29, 1.82) is 0 Å². The summed E-state index contributed by atoms with van der Waals surface area (Å²) in [7, 11) is 4.13. The Hall–Kier alpha value is -1.07. The van der Waals surface area contributed by atoms with Crippen LogP contribution in [0, 0.1) is 5.82 Å². The Morgan fingerprint density at radius 2 is 2.16 bits per heavy atom. The smallest absolute Gasteiger partial charge is 0.125 e. The van der Waals surface area contributed by atoms with Crippen molar-refractivity contribution in [3.63, 3.8) is 0 Å². The number of thiol groups is 1. The highest BCUT2D eigenvalue weighted by Crippen LogP contribution is 2.18. The van der Waals surface area contributed by atoms with Crippen LogP contribution in [0.3, 0.4) is 0 Å². The standard InChI is InChI=1S/C14H20FN3S/c1-17(2)7-3-8-18-13-5-4-11(15)10-12(13)16-14(18)6-9-19/h4-5,10,19H,3,6-9H2,1-2H3. The number of hydrogen-bond acceptors (Lipinski definition) is 3. The molecule has 0 aliphatic heterocycles. The minimum absolute atomic E-state index is 0.233. The summed E-state index contributed by atoms with van der Waals surface area (Å²) in [6, 6.07) is 4.81. The van der Waals surface area contributed by atoms with E-state index in [9.17, 15) is 4.39 Å². The predicted molar refractivity (Wildman–Crippen MR) is 80.4 cm³/mol. The van der Waals surface area contributed by atoms with Crippen LogP contribution in [0.5, 0.6) is 0 Å². The number of fused-ring (bicyclic) bond motifs is 1. The van der Waals surface area contributed by atoms with Gasteiger partial charge >= 0.3 is 0 Å².